The number of rotatable bonds is 7. The van der Waals surface area contributed by atoms with E-state index in [-0.39, 0.29) is 6.04 Å². The summed E-state index contributed by atoms with van der Waals surface area (Å²) in [6, 6.07) is 2.36. The molecule has 0 spiro atoms. The van der Waals surface area contributed by atoms with Crippen LogP contribution in [0.5, 0.6) is 5.75 Å². The molecule has 0 fully saturated rings. The van der Waals surface area contributed by atoms with Gasteiger partial charge in [0, 0.05) is 28.8 Å². The highest BCUT2D eigenvalue weighted by molar-refractivity contribution is 7.98. The number of hydrogen-bond acceptors (Lipinski definition) is 4. The normalized spacial score (nSPS) is 12.9. The fourth-order valence-corrected chi connectivity index (χ4v) is 3.81. The van der Waals surface area contributed by atoms with Gasteiger partial charge in [-0.2, -0.15) is 16.9 Å². The molecular weight excluding hydrogens is 330 g/mol. The number of ether oxygens (including phenoxy) is 1. The van der Waals surface area contributed by atoms with Gasteiger partial charge in [-0.15, -0.1) is 0 Å². The molecule has 0 N–H and O–H groups in total. The predicted molar refractivity (Wildman–Crippen MR) is 107 cm³/mol. The highest BCUT2D eigenvalue weighted by atomic mass is 32.2. The van der Waals surface area contributed by atoms with Gasteiger partial charge >= 0.3 is 0 Å². The Morgan fingerprint density at radius 2 is 1.84 bits per heavy atom. The van der Waals surface area contributed by atoms with Crippen LogP contribution in [-0.4, -0.2) is 33.9 Å². The van der Waals surface area contributed by atoms with Gasteiger partial charge in [0.1, 0.15) is 11.8 Å². The van der Waals surface area contributed by atoms with Crippen LogP contribution in [0.25, 0.3) is 0 Å². The number of pyridine rings is 1. The Labute approximate surface area is 156 Å². The van der Waals surface area contributed by atoms with Gasteiger partial charge in [-0.3, -0.25) is 9.67 Å². The second kappa shape index (κ2) is 8.26. The molecule has 1 atom stereocenters. The van der Waals surface area contributed by atoms with Crippen LogP contribution in [0.2, 0.25) is 0 Å². The molecule has 0 saturated carbocycles. The van der Waals surface area contributed by atoms with E-state index in [0.29, 0.717) is 11.8 Å². The number of aromatic nitrogens is 3. The van der Waals surface area contributed by atoms with Gasteiger partial charge in [0.25, 0.3) is 0 Å². The van der Waals surface area contributed by atoms with Crippen molar-refractivity contribution in [3.63, 3.8) is 0 Å². The summed E-state index contributed by atoms with van der Waals surface area (Å²) in [7, 11) is 1.73. The van der Waals surface area contributed by atoms with E-state index < -0.39 is 0 Å². The van der Waals surface area contributed by atoms with Gasteiger partial charge in [-0.05, 0) is 38.0 Å². The molecule has 2 heterocycles. The van der Waals surface area contributed by atoms with E-state index in [4.69, 9.17) is 14.8 Å². The number of nitrogens with zero attached hydrogens (tertiary/aromatic N) is 3. The molecule has 0 saturated heterocycles. The summed E-state index contributed by atoms with van der Waals surface area (Å²) >= 11 is 1.82. The summed E-state index contributed by atoms with van der Waals surface area (Å²) in [4.78, 5) is 4.78. The molecule has 2 aromatic rings. The molecule has 0 amide bonds. The topological polar surface area (TPSA) is 39.9 Å². The zero-order valence-corrected chi connectivity index (χ0v) is 17.6. The first kappa shape index (κ1) is 19.8. The van der Waals surface area contributed by atoms with E-state index in [0.717, 1.165) is 34.0 Å². The van der Waals surface area contributed by atoms with Crippen molar-refractivity contribution < 1.29 is 4.74 Å². The summed E-state index contributed by atoms with van der Waals surface area (Å²) in [5.41, 5.74) is 5.64. The first-order chi connectivity index (χ1) is 11.8. The molecule has 0 aliphatic carbocycles. The van der Waals surface area contributed by atoms with Crippen LogP contribution in [-0.2, 0) is 0 Å². The van der Waals surface area contributed by atoms with Crippen molar-refractivity contribution in [2.24, 2.45) is 0 Å². The fourth-order valence-electron chi connectivity index (χ4n) is 3.20. The molecule has 2 rings (SSSR count). The largest absolute Gasteiger partial charge is 0.496 e. The van der Waals surface area contributed by atoms with Crippen LogP contribution in [0.15, 0.2) is 12.3 Å². The average Bonchev–Trinajstić information content (AvgIpc) is 2.99. The van der Waals surface area contributed by atoms with Crippen molar-refractivity contribution in [2.75, 3.05) is 19.1 Å². The number of aryl methyl sites for hydroxylation is 1. The zero-order valence-electron chi connectivity index (χ0n) is 16.8. The lowest BCUT2D eigenvalue weighted by Crippen LogP contribution is -2.21. The average molecular weight is 362 g/mol. The molecule has 0 aromatic carbocycles. The third-order valence-electron chi connectivity index (χ3n) is 4.59. The Hall–Kier alpha value is -1.49. The molecule has 4 nitrogen and oxygen atoms in total. The smallest absolute Gasteiger partial charge is 0.128 e. The van der Waals surface area contributed by atoms with E-state index in [2.05, 4.69) is 51.6 Å². The maximum absolute atomic E-state index is 5.63. The predicted octanol–water partition coefficient (Wildman–Crippen LogP) is 5.10. The van der Waals surface area contributed by atoms with Gasteiger partial charge in [0.15, 0.2) is 0 Å². The van der Waals surface area contributed by atoms with Crippen LogP contribution >= 0.6 is 11.8 Å². The minimum atomic E-state index is 0.106. The van der Waals surface area contributed by atoms with Crippen LogP contribution in [0.4, 0.5) is 0 Å². The molecule has 0 radical (unpaired) electrons. The Kier molecular flexibility index (Phi) is 6.55. The van der Waals surface area contributed by atoms with Crippen molar-refractivity contribution in [1.82, 2.24) is 14.8 Å². The quantitative estimate of drug-likeness (QED) is 0.687. The van der Waals surface area contributed by atoms with Gasteiger partial charge in [-0.25, -0.2) is 0 Å². The fraction of sp³-hybridized carbons (Fsp3) is 0.600. The summed E-state index contributed by atoms with van der Waals surface area (Å²) in [5.74, 6) is 2.68. The van der Waals surface area contributed by atoms with Crippen LogP contribution in [0, 0.1) is 13.8 Å². The van der Waals surface area contributed by atoms with Crippen molar-refractivity contribution in [2.45, 2.75) is 59.4 Å². The van der Waals surface area contributed by atoms with Crippen molar-refractivity contribution in [3.05, 3.63) is 40.5 Å². The molecule has 0 aliphatic heterocycles. The van der Waals surface area contributed by atoms with Crippen molar-refractivity contribution >= 4 is 11.8 Å². The van der Waals surface area contributed by atoms with Crippen LogP contribution in [0.3, 0.4) is 0 Å². The van der Waals surface area contributed by atoms with Gasteiger partial charge in [0.05, 0.1) is 18.5 Å². The van der Waals surface area contributed by atoms with E-state index in [1.807, 2.05) is 24.9 Å². The highest BCUT2D eigenvalue weighted by Gasteiger charge is 2.25. The van der Waals surface area contributed by atoms with Crippen LogP contribution in [0.1, 0.15) is 73.8 Å². The van der Waals surface area contributed by atoms with E-state index in [1.165, 1.54) is 5.69 Å². The Morgan fingerprint density at radius 1 is 1.16 bits per heavy atom. The lowest BCUT2D eigenvalue weighted by Gasteiger charge is -2.23. The van der Waals surface area contributed by atoms with Crippen molar-refractivity contribution in [1.29, 1.82) is 0 Å². The van der Waals surface area contributed by atoms with Gasteiger partial charge in [0.2, 0.25) is 0 Å². The summed E-state index contributed by atoms with van der Waals surface area (Å²) in [5, 5.41) is 4.97. The number of hydrogen-bond donors (Lipinski definition) is 0. The molecule has 2 aromatic heterocycles. The minimum Gasteiger partial charge on any atom is -0.496 e. The molecular formula is C20H31N3OS. The first-order valence-corrected chi connectivity index (χ1v) is 10.3. The Bertz CT molecular complexity index is 722. The molecule has 0 aliphatic rings. The number of thioether (sulfide) groups is 1. The second-order valence-corrected chi connectivity index (χ2v) is 8.11. The van der Waals surface area contributed by atoms with E-state index in [9.17, 15) is 0 Å². The number of methoxy groups -OCH3 is 1. The lowest BCUT2D eigenvalue weighted by molar-refractivity contribution is 0.404. The monoisotopic (exact) mass is 361 g/mol. The lowest BCUT2D eigenvalue weighted by atomic mass is 10.0. The molecule has 1 unspecified atom stereocenters. The summed E-state index contributed by atoms with van der Waals surface area (Å²) in [6.07, 6.45) is 4.05. The highest BCUT2D eigenvalue weighted by Crippen LogP contribution is 2.33. The van der Waals surface area contributed by atoms with Crippen molar-refractivity contribution in [3.8, 4) is 5.75 Å². The second-order valence-electron chi connectivity index (χ2n) is 7.20. The minimum absolute atomic E-state index is 0.106. The van der Waals surface area contributed by atoms with E-state index in [1.54, 1.807) is 7.11 Å². The third-order valence-corrected chi connectivity index (χ3v) is 5.24. The molecule has 25 heavy (non-hydrogen) atoms. The summed E-state index contributed by atoms with van der Waals surface area (Å²) < 4.78 is 7.82. The SMILES string of the molecule is COc1c(C)cnc(C(CSC)n2nc(C(C)C)cc2C(C)C)c1C. The molecule has 5 heteroatoms. The van der Waals surface area contributed by atoms with Gasteiger partial charge < -0.3 is 4.74 Å². The van der Waals surface area contributed by atoms with Crippen LogP contribution < -0.4 is 4.74 Å². The first-order valence-electron chi connectivity index (χ1n) is 8.90. The van der Waals surface area contributed by atoms with E-state index >= 15 is 0 Å². The zero-order chi connectivity index (χ0) is 18.7. The third kappa shape index (κ3) is 4.02. The molecule has 138 valence electrons. The standard InChI is InChI=1S/C20H31N3OS/c1-12(2)16-9-17(13(3)4)23(22-16)18(11-25-8)19-15(6)20(24-7)14(5)10-21-19/h9-10,12-13,18H,11H2,1-8H3. The van der Waals surface area contributed by atoms with Gasteiger partial charge in [-0.1, -0.05) is 27.7 Å². The summed E-state index contributed by atoms with van der Waals surface area (Å²) in [6.45, 7) is 13.0. The maximum Gasteiger partial charge on any atom is 0.128 e. The Morgan fingerprint density at radius 3 is 2.36 bits per heavy atom. The maximum atomic E-state index is 5.63. The Balaban J connectivity index is 2.63. The molecule has 0 bridgehead atoms.